The molecule has 0 spiro atoms. The van der Waals surface area contributed by atoms with E-state index >= 15 is 0 Å². The number of hydrogen-bond acceptors (Lipinski definition) is 3. The SMILES string of the molecule is CCOC(c1ccc(OC(F)(F)F)cc1)c1nc2cc(F)c(F)cc2[nH]1. The van der Waals surface area contributed by atoms with Crippen LogP contribution in [0.15, 0.2) is 36.4 Å². The number of aromatic amines is 1. The van der Waals surface area contributed by atoms with E-state index in [-0.39, 0.29) is 29.2 Å². The second-order valence-corrected chi connectivity index (χ2v) is 5.36. The highest BCUT2D eigenvalue weighted by Crippen LogP contribution is 2.29. The van der Waals surface area contributed by atoms with Crippen molar-refractivity contribution in [2.45, 2.75) is 19.4 Å². The molecule has 4 nitrogen and oxygen atoms in total. The number of nitrogens with zero attached hydrogens (tertiary/aromatic N) is 1. The number of rotatable bonds is 5. The maximum atomic E-state index is 13.3. The number of hydrogen-bond donors (Lipinski definition) is 1. The van der Waals surface area contributed by atoms with Gasteiger partial charge in [-0.25, -0.2) is 13.8 Å². The van der Waals surface area contributed by atoms with Crippen LogP contribution in [0.2, 0.25) is 0 Å². The molecule has 0 saturated carbocycles. The third-order valence-corrected chi connectivity index (χ3v) is 3.54. The van der Waals surface area contributed by atoms with Crippen LogP contribution in [0.25, 0.3) is 11.0 Å². The Bertz CT molecular complexity index is 867. The van der Waals surface area contributed by atoms with E-state index in [9.17, 15) is 22.0 Å². The van der Waals surface area contributed by atoms with Crippen LogP contribution >= 0.6 is 0 Å². The predicted octanol–water partition coefficient (Wildman–Crippen LogP) is 4.87. The Hall–Kier alpha value is -2.68. The van der Waals surface area contributed by atoms with Crippen LogP contribution in [-0.2, 0) is 4.74 Å². The van der Waals surface area contributed by atoms with E-state index in [0.29, 0.717) is 5.56 Å². The monoisotopic (exact) mass is 372 g/mol. The Morgan fingerprint density at radius 2 is 1.73 bits per heavy atom. The quantitative estimate of drug-likeness (QED) is 0.651. The summed E-state index contributed by atoms with van der Waals surface area (Å²) in [4.78, 5) is 7.04. The number of nitrogens with one attached hydrogen (secondary N) is 1. The molecular formula is C17H13F5N2O2. The first-order chi connectivity index (χ1) is 12.3. The highest BCUT2D eigenvalue weighted by atomic mass is 19.4. The summed E-state index contributed by atoms with van der Waals surface area (Å²) in [5.41, 5.74) is 0.989. The largest absolute Gasteiger partial charge is 0.573 e. The second kappa shape index (κ2) is 6.91. The summed E-state index contributed by atoms with van der Waals surface area (Å²) < 4.78 is 72.9. The normalized spacial score (nSPS) is 13.2. The van der Waals surface area contributed by atoms with Crippen molar-refractivity contribution < 1.29 is 31.4 Å². The number of imidazole rings is 1. The van der Waals surface area contributed by atoms with Crippen molar-refractivity contribution in [1.29, 1.82) is 0 Å². The Morgan fingerprint density at radius 3 is 2.35 bits per heavy atom. The van der Waals surface area contributed by atoms with Crippen molar-refractivity contribution in [2.75, 3.05) is 6.61 Å². The number of fused-ring (bicyclic) bond motifs is 1. The van der Waals surface area contributed by atoms with E-state index in [2.05, 4.69) is 14.7 Å². The molecule has 0 aliphatic rings. The van der Waals surface area contributed by atoms with Gasteiger partial charge >= 0.3 is 6.36 Å². The maximum absolute atomic E-state index is 13.3. The van der Waals surface area contributed by atoms with E-state index in [1.165, 1.54) is 12.1 Å². The van der Waals surface area contributed by atoms with Crippen molar-refractivity contribution in [3.05, 3.63) is 59.4 Å². The van der Waals surface area contributed by atoms with E-state index in [4.69, 9.17) is 4.74 Å². The van der Waals surface area contributed by atoms with Crippen molar-refractivity contribution in [2.24, 2.45) is 0 Å². The van der Waals surface area contributed by atoms with Crippen LogP contribution < -0.4 is 4.74 Å². The topological polar surface area (TPSA) is 47.1 Å². The average molecular weight is 372 g/mol. The number of ether oxygens (including phenoxy) is 2. The molecule has 0 amide bonds. The molecule has 1 N–H and O–H groups in total. The molecule has 9 heteroatoms. The number of benzene rings is 2. The van der Waals surface area contributed by atoms with Gasteiger partial charge in [-0.15, -0.1) is 13.2 Å². The van der Waals surface area contributed by atoms with Crippen molar-refractivity contribution in [3.8, 4) is 5.75 Å². The third kappa shape index (κ3) is 3.93. The first-order valence-electron chi connectivity index (χ1n) is 7.59. The fraction of sp³-hybridized carbons (Fsp3) is 0.235. The molecule has 1 atom stereocenters. The molecule has 0 radical (unpaired) electrons. The van der Waals surface area contributed by atoms with Gasteiger partial charge in [0.15, 0.2) is 11.6 Å². The molecule has 3 rings (SSSR count). The van der Waals surface area contributed by atoms with Crippen molar-refractivity contribution >= 4 is 11.0 Å². The summed E-state index contributed by atoms with van der Waals surface area (Å²) in [6.07, 6.45) is -5.54. The van der Waals surface area contributed by atoms with Crippen molar-refractivity contribution in [1.82, 2.24) is 9.97 Å². The summed E-state index contributed by atoms with van der Waals surface area (Å²) in [5.74, 6) is -2.15. The molecule has 0 saturated heterocycles. The van der Waals surface area contributed by atoms with Gasteiger partial charge in [0.1, 0.15) is 17.7 Å². The lowest BCUT2D eigenvalue weighted by Gasteiger charge is -2.16. The first-order valence-corrected chi connectivity index (χ1v) is 7.59. The number of halogens is 5. The molecule has 2 aromatic carbocycles. The minimum atomic E-state index is -4.78. The van der Waals surface area contributed by atoms with E-state index in [1.807, 2.05) is 0 Å². The molecule has 0 aliphatic heterocycles. The zero-order valence-corrected chi connectivity index (χ0v) is 13.4. The lowest BCUT2D eigenvalue weighted by molar-refractivity contribution is -0.274. The minimum absolute atomic E-state index is 0.209. The van der Waals surface area contributed by atoms with E-state index in [0.717, 1.165) is 24.3 Å². The van der Waals surface area contributed by atoms with Gasteiger partial charge in [-0.2, -0.15) is 0 Å². The van der Waals surface area contributed by atoms with Gasteiger partial charge in [-0.05, 0) is 24.6 Å². The number of H-pyrrole nitrogens is 1. The molecule has 138 valence electrons. The fourth-order valence-electron chi connectivity index (χ4n) is 2.49. The highest BCUT2D eigenvalue weighted by Gasteiger charge is 2.31. The zero-order chi connectivity index (χ0) is 18.9. The molecule has 26 heavy (non-hydrogen) atoms. The number of aromatic nitrogens is 2. The van der Waals surface area contributed by atoms with Gasteiger partial charge in [0, 0.05) is 18.7 Å². The van der Waals surface area contributed by atoms with Gasteiger partial charge in [0.2, 0.25) is 0 Å². The first kappa shape index (κ1) is 18.1. The molecule has 1 aromatic heterocycles. The zero-order valence-electron chi connectivity index (χ0n) is 13.4. The lowest BCUT2D eigenvalue weighted by Crippen LogP contribution is -2.17. The second-order valence-electron chi connectivity index (χ2n) is 5.36. The van der Waals surface area contributed by atoms with Crippen LogP contribution in [0, 0.1) is 11.6 Å². The molecule has 3 aromatic rings. The molecule has 0 aliphatic carbocycles. The Kier molecular flexibility index (Phi) is 4.82. The Labute approximate surface area is 144 Å². The molecule has 1 heterocycles. The summed E-state index contributed by atoms with van der Waals surface area (Å²) in [6.45, 7) is 2.02. The lowest BCUT2D eigenvalue weighted by atomic mass is 10.1. The van der Waals surface area contributed by atoms with Crippen LogP contribution in [0.4, 0.5) is 22.0 Å². The smallest absolute Gasteiger partial charge is 0.406 e. The van der Waals surface area contributed by atoms with Crippen LogP contribution in [0.3, 0.4) is 0 Å². The average Bonchev–Trinajstić information content (AvgIpc) is 2.95. The fourth-order valence-corrected chi connectivity index (χ4v) is 2.49. The Morgan fingerprint density at radius 1 is 1.08 bits per heavy atom. The van der Waals surface area contributed by atoms with E-state index < -0.39 is 24.1 Å². The third-order valence-electron chi connectivity index (χ3n) is 3.54. The maximum Gasteiger partial charge on any atom is 0.573 e. The van der Waals surface area contributed by atoms with Gasteiger partial charge < -0.3 is 14.5 Å². The summed E-state index contributed by atoms with van der Waals surface area (Å²) in [5, 5.41) is 0. The van der Waals surface area contributed by atoms with Gasteiger partial charge in [0.25, 0.3) is 0 Å². The summed E-state index contributed by atoms with van der Waals surface area (Å²) in [6, 6.07) is 7.03. The van der Waals surface area contributed by atoms with Crippen LogP contribution in [0.5, 0.6) is 5.75 Å². The molecule has 0 bridgehead atoms. The summed E-state index contributed by atoms with van der Waals surface area (Å²) >= 11 is 0. The van der Waals surface area contributed by atoms with Crippen LogP contribution in [0.1, 0.15) is 24.4 Å². The molecule has 0 fully saturated rings. The van der Waals surface area contributed by atoms with Gasteiger partial charge in [0.05, 0.1) is 11.0 Å². The Balaban J connectivity index is 1.94. The van der Waals surface area contributed by atoms with Gasteiger partial charge in [-0.1, -0.05) is 12.1 Å². The molecule has 1 unspecified atom stereocenters. The minimum Gasteiger partial charge on any atom is -0.406 e. The van der Waals surface area contributed by atoms with Crippen molar-refractivity contribution in [3.63, 3.8) is 0 Å². The van der Waals surface area contributed by atoms with Crippen LogP contribution in [-0.4, -0.2) is 22.9 Å². The van der Waals surface area contributed by atoms with Gasteiger partial charge in [-0.3, -0.25) is 0 Å². The predicted molar refractivity (Wildman–Crippen MR) is 82.6 cm³/mol. The van der Waals surface area contributed by atoms with E-state index in [1.54, 1.807) is 6.92 Å². The summed E-state index contributed by atoms with van der Waals surface area (Å²) in [7, 11) is 0. The standard InChI is InChI=1S/C17H13F5N2O2/c1-2-25-15(9-3-5-10(6-4-9)26-17(20,21)22)16-23-13-7-11(18)12(19)8-14(13)24-16/h3-8,15H,2H2,1H3,(H,23,24). The number of alkyl halides is 3. The highest BCUT2D eigenvalue weighted by molar-refractivity contribution is 5.75. The molecular weight excluding hydrogens is 359 g/mol.